The first-order valence-electron chi connectivity index (χ1n) is 28.1. The van der Waals surface area contributed by atoms with Gasteiger partial charge in [0.2, 0.25) is 5.91 Å². The Morgan fingerprint density at radius 1 is 0.474 bits per heavy atom. The summed E-state index contributed by atoms with van der Waals surface area (Å²) in [6, 6.07) is 7.39. The van der Waals surface area contributed by atoms with E-state index < -0.39 is 40.9 Å². The van der Waals surface area contributed by atoms with E-state index in [4.69, 9.17) is 22.9 Å². The molecule has 3 amide bonds. The largest absolute Gasteiger partial charge is 0.356 e. The van der Waals surface area contributed by atoms with Crippen LogP contribution in [0, 0.1) is 63.6 Å². The molecule has 6 unspecified atom stereocenters. The van der Waals surface area contributed by atoms with Crippen LogP contribution >= 0.6 is 0 Å². The van der Waals surface area contributed by atoms with Crippen molar-refractivity contribution < 1.29 is 38.4 Å². The number of amides is 3. The predicted molar refractivity (Wildman–Crippen MR) is 318 cm³/mol. The van der Waals surface area contributed by atoms with Gasteiger partial charge in [0.25, 0.3) is 0 Å². The number of rotatable bonds is 24. The van der Waals surface area contributed by atoms with Crippen molar-refractivity contribution in [1.29, 1.82) is 0 Å². The van der Waals surface area contributed by atoms with Gasteiger partial charge in [-0.2, -0.15) is 0 Å². The molecule has 1 aromatic rings. The molecule has 0 saturated carbocycles. The maximum absolute atomic E-state index is 12.7. The van der Waals surface area contributed by atoms with Crippen LogP contribution in [0.15, 0.2) is 30.3 Å². The van der Waals surface area contributed by atoms with Gasteiger partial charge in [0.1, 0.15) is 23.1 Å². The number of hydrogen-bond donors (Lipinski definition) is 6. The molecule has 0 aromatic heterocycles. The Labute approximate surface area is 465 Å². The van der Waals surface area contributed by atoms with Gasteiger partial charge in [-0.25, -0.2) is 4.79 Å². The van der Waals surface area contributed by atoms with Crippen LogP contribution in [0.2, 0.25) is 0 Å². The van der Waals surface area contributed by atoms with E-state index in [0.29, 0.717) is 45.2 Å². The number of carbonyl (C=O) groups excluding carboxylic acids is 8. The van der Waals surface area contributed by atoms with E-state index in [1.165, 1.54) is 6.92 Å². The maximum atomic E-state index is 12.7. The van der Waals surface area contributed by atoms with Gasteiger partial charge in [0, 0.05) is 73.3 Å². The average Bonchev–Trinajstić information content (AvgIpc) is 3.25. The smallest absolute Gasteiger partial charge is 0.312 e. The lowest BCUT2D eigenvalue weighted by atomic mass is 9.78. The lowest BCUT2D eigenvalue weighted by molar-refractivity contribution is -0.134. The highest BCUT2D eigenvalue weighted by atomic mass is 16.2. The summed E-state index contributed by atoms with van der Waals surface area (Å²) in [7, 11) is 0. The van der Waals surface area contributed by atoms with Crippen molar-refractivity contribution in [2.75, 3.05) is 13.1 Å². The maximum Gasteiger partial charge on any atom is 0.312 e. The number of carbonyl (C=O) groups is 8. The average molecular weight is 1080 g/mol. The molecule has 14 nitrogen and oxygen atoms in total. The summed E-state index contributed by atoms with van der Waals surface area (Å²) in [5.41, 5.74) is 22.4. The first-order valence-corrected chi connectivity index (χ1v) is 28.1. The highest BCUT2D eigenvalue weighted by Gasteiger charge is 2.34. The SMILES string of the molecule is CC(=O)NCCCC(CC(=O)C(N)C(C)C)C(=O)C(C)(C)C.CC(C)(C)C(=O)C(CCCNC(N)=O)CC(=O)C(N)Cc1ccccc1.CC(C)C.CC(C)C.CC(C)C.CC(CC(=O)C(N)C(C)C)C(=O)C(C)(C)C. The van der Waals surface area contributed by atoms with Crippen molar-refractivity contribution in [3.05, 3.63) is 35.9 Å². The number of hydrogen-bond acceptors (Lipinski definition) is 11. The summed E-state index contributed by atoms with van der Waals surface area (Å²) in [6.07, 6.45) is 3.39. The minimum atomic E-state index is -0.628. The van der Waals surface area contributed by atoms with Crippen molar-refractivity contribution in [2.24, 2.45) is 86.5 Å². The van der Waals surface area contributed by atoms with E-state index in [0.717, 1.165) is 23.3 Å². The second-order valence-electron chi connectivity index (χ2n) is 26.2. The van der Waals surface area contributed by atoms with Gasteiger partial charge in [0.15, 0.2) is 11.6 Å². The van der Waals surface area contributed by atoms with Crippen LogP contribution in [0.25, 0.3) is 0 Å². The summed E-state index contributed by atoms with van der Waals surface area (Å²) < 4.78 is 0. The van der Waals surface area contributed by atoms with Crippen molar-refractivity contribution in [2.45, 2.75) is 236 Å². The number of primary amides is 1. The molecule has 0 radical (unpaired) electrons. The molecule has 0 spiro atoms. The van der Waals surface area contributed by atoms with Gasteiger partial charge < -0.3 is 33.6 Å². The van der Waals surface area contributed by atoms with E-state index >= 15 is 0 Å². The Kier molecular flexibility index (Phi) is 44.5. The van der Waals surface area contributed by atoms with Crippen LogP contribution in [0.4, 0.5) is 4.79 Å². The molecular formula is C62H118N6O8. The molecule has 444 valence electrons. The number of benzene rings is 1. The lowest BCUT2D eigenvalue weighted by Gasteiger charge is -2.25. The van der Waals surface area contributed by atoms with Crippen LogP contribution in [0.5, 0.6) is 0 Å². The lowest BCUT2D eigenvalue weighted by Crippen LogP contribution is -2.39. The van der Waals surface area contributed by atoms with E-state index in [2.05, 4.69) is 72.9 Å². The van der Waals surface area contributed by atoms with Crippen molar-refractivity contribution in [1.82, 2.24) is 10.6 Å². The van der Waals surface area contributed by atoms with Crippen LogP contribution in [-0.2, 0) is 40.0 Å². The van der Waals surface area contributed by atoms with Crippen LogP contribution in [0.3, 0.4) is 0 Å². The first kappa shape index (κ1) is 80.7. The monoisotopic (exact) mass is 1070 g/mol. The van der Waals surface area contributed by atoms with Crippen molar-refractivity contribution in [3.8, 4) is 0 Å². The second-order valence-corrected chi connectivity index (χ2v) is 26.2. The number of Topliss-reactive ketones (excluding diaryl/α,β-unsaturated/α-hetero) is 6. The molecule has 1 rings (SSSR count). The zero-order valence-corrected chi connectivity index (χ0v) is 52.9. The Balaban J connectivity index is -0.000000304. The van der Waals surface area contributed by atoms with E-state index in [1.807, 2.05) is 120 Å². The highest BCUT2D eigenvalue weighted by Crippen LogP contribution is 2.28. The predicted octanol–water partition coefficient (Wildman–Crippen LogP) is 11.4. The van der Waals surface area contributed by atoms with Crippen LogP contribution in [0.1, 0.15) is 217 Å². The molecule has 0 bridgehead atoms. The highest BCUT2D eigenvalue weighted by molar-refractivity contribution is 5.94. The van der Waals surface area contributed by atoms with Gasteiger partial charge in [-0.1, -0.05) is 190 Å². The third kappa shape index (κ3) is 47.1. The van der Waals surface area contributed by atoms with Crippen molar-refractivity contribution in [3.63, 3.8) is 0 Å². The molecule has 0 saturated heterocycles. The number of ketones is 6. The fourth-order valence-electron chi connectivity index (χ4n) is 6.82. The molecule has 0 aliphatic rings. The molecule has 1 aromatic carbocycles. The van der Waals surface area contributed by atoms with Gasteiger partial charge in [-0.3, -0.25) is 33.6 Å². The molecule has 10 N–H and O–H groups in total. The standard InChI is InChI=1S/C20H31N3O3.C17H32N2O3.C13H25NO2.3C4H10/c1-20(2,3)18(25)15(10-7-11-23-19(22)26)13-17(24)16(21)12-14-8-5-4-6-9-14;1-11(2)15(18)14(21)10-13(16(22)17(4,5)6)8-7-9-19-12(3)20;1-8(2)11(14)10(15)7-9(3)12(16)13(4,5)6;3*1-4(2)3/h4-6,8-9,15-16H,7,10-13,21H2,1-3H3,(H3,22,23,26);11,13,15H,7-10,18H2,1-6H3,(H,19,20);8-9,11H,7,14H2,1-6H3;3*4H,1-3H3. The molecular weight excluding hydrogens is 957 g/mol. The summed E-state index contributed by atoms with van der Waals surface area (Å²) in [5.74, 6) is 1.70. The summed E-state index contributed by atoms with van der Waals surface area (Å²) in [4.78, 5) is 95.3. The van der Waals surface area contributed by atoms with Gasteiger partial charge >= 0.3 is 6.03 Å². The third-order valence-electron chi connectivity index (χ3n) is 10.8. The van der Waals surface area contributed by atoms with E-state index in [1.54, 1.807) is 6.92 Å². The quantitative estimate of drug-likeness (QED) is 0.0530. The van der Waals surface area contributed by atoms with Gasteiger partial charge in [-0.05, 0) is 67.3 Å². The van der Waals surface area contributed by atoms with E-state index in [-0.39, 0.29) is 89.0 Å². The Morgan fingerprint density at radius 2 is 0.789 bits per heavy atom. The fourth-order valence-corrected chi connectivity index (χ4v) is 6.82. The molecule has 0 aliphatic heterocycles. The Morgan fingerprint density at radius 3 is 1.09 bits per heavy atom. The molecule has 14 heteroatoms. The normalized spacial score (nSPS) is 13.7. The zero-order chi connectivity index (χ0) is 61.1. The molecule has 76 heavy (non-hydrogen) atoms. The van der Waals surface area contributed by atoms with E-state index in [9.17, 15) is 38.4 Å². The minimum absolute atomic E-state index is 0.0138. The second kappa shape index (κ2) is 41.9. The van der Waals surface area contributed by atoms with Gasteiger partial charge in [-0.15, -0.1) is 0 Å². The van der Waals surface area contributed by atoms with Gasteiger partial charge in [0.05, 0.1) is 18.1 Å². The Hall–Kier alpha value is -4.14. The zero-order valence-electron chi connectivity index (χ0n) is 52.9. The summed E-state index contributed by atoms with van der Waals surface area (Å²) in [5, 5.41) is 5.22. The fraction of sp³-hybridized carbons (Fsp3) is 0.774. The topological polar surface area (TPSA) is 265 Å². The summed E-state index contributed by atoms with van der Waals surface area (Å²) >= 11 is 0. The van der Waals surface area contributed by atoms with Crippen LogP contribution in [-0.4, -0.2) is 77.9 Å². The number of nitrogens with two attached hydrogens (primary N) is 4. The van der Waals surface area contributed by atoms with Crippen molar-refractivity contribution >= 4 is 46.6 Å². The Bertz CT molecular complexity index is 1770. The molecule has 0 aliphatic carbocycles. The molecule has 0 fully saturated rings. The molecule has 0 heterocycles. The number of urea groups is 1. The summed E-state index contributed by atoms with van der Waals surface area (Å²) in [6.45, 7) is 48.1. The van der Waals surface area contributed by atoms with Crippen LogP contribution < -0.4 is 33.6 Å². The third-order valence-corrected chi connectivity index (χ3v) is 10.8. The molecule has 6 atom stereocenters. The first-order chi connectivity index (χ1) is 34.3. The number of nitrogens with one attached hydrogen (secondary N) is 2. The minimum Gasteiger partial charge on any atom is -0.356 e.